The third-order valence-electron chi connectivity index (χ3n) is 9.26. The van der Waals surface area contributed by atoms with Crippen molar-refractivity contribution in [3.63, 3.8) is 0 Å². The van der Waals surface area contributed by atoms with E-state index in [2.05, 4.69) is 47.7 Å². The van der Waals surface area contributed by atoms with Crippen molar-refractivity contribution < 1.29 is 32.2 Å². The molecular weight excluding hydrogens is 559 g/mol. The SMILES string of the molecule is CC1(C)Cc2nc(Cl)c3c(c2[C@@H](O[Si](C)(C)C(C)(C)C)C1)C1(CCOCC1)OC3(O)c1ccc(C(F)(F)F)cc1. The largest absolute Gasteiger partial charge is 0.416 e. The molecule has 1 aromatic heterocycles. The predicted molar refractivity (Wildman–Crippen MR) is 150 cm³/mol. The van der Waals surface area contributed by atoms with Crippen molar-refractivity contribution in [1.82, 2.24) is 4.98 Å². The molecule has 0 radical (unpaired) electrons. The van der Waals surface area contributed by atoms with Gasteiger partial charge in [0.05, 0.1) is 17.2 Å². The molecule has 1 aliphatic carbocycles. The van der Waals surface area contributed by atoms with Crippen molar-refractivity contribution in [3.8, 4) is 0 Å². The highest BCUT2D eigenvalue weighted by atomic mass is 35.5. The number of nitrogens with zero attached hydrogens (tertiary/aromatic N) is 1. The van der Waals surface area contributed by atoms with Crippen LogP contribution in [0.3, 0.4) is 0 Å². The van der Waals surface area contributed by atoms with Gasteiger partial charge in [-0.25, -0.2) is 4.98 Å². The molecule has 2 atom stereocenters. The van der Waals surface area contributed by atoms with E-state index < -0.39 is 31.4 Å². The Bertz CT molecular complexity index is 1300. The smallest absolute Gasteiger partial charge is 0.410 e. The molecule has 1 N–H and O–H groups in total. The van der Waals surface area contributed by atoms with Crippen LogP contribution in [0, 0.1) is 5.41 Å². The molecule has 1 spiro atoms. The van der Waals surface area contributed by atoms with Gasteiger partial charge in [-0.1, -0.05) is 58.4 Å². The van der Waals surface area contributed by atoms with Crippen molar-refractivity contribution in [2.75, 3.05) is 13.2 Å². The van der Waals surface area contributed by atoms with E-state index in [1.54, 1.807) is 0 Å². The summed E-state index contributed by atoms with van der Waals surface area (Å²) in [5, 5.41) is 12.3. The molecule has 5 rings (SSSR count). The summed E-state index contributed by atoms with van der Waals surface area (Å²) in [5.41, 5.74) is 1.13. The van der Waals surface area contributed by atoms with Crippen molar-refractivity contribution in [2.24, 2.45) is 5.41 Å². The Morgan fingerprint density at radius 3 is 2.20 bits per heavy atom. The Balaban J connectivity index is 1.75. The number of pyridine rings is 1. The van der Waals surface area contributed by atoms with Crippen LogP contribution < -0.4 is 0 Å². The third-order valence-corrected chi connectivity index (χ3v) is 14.0. The first-order valence-corrected chi connectivity index (χ1v) is 17.2. The van der Waals surface area contributed by atoms with Crippen LogP contribution in [-0.4, -0.2) is 31.6 Å². The molecule has 220 valence electrons. The van der Waals surface area contributed by atoms with E-state index in [-0.39, 0.29) is 27.3 Å². The van der Waals surface area contributed by atoms with Gasteiger partial charge in [0.15, 0.2) is 8.32 Å². The summed E-state index contributed by atoms with van der Waals surface area (Å²) in [7, 11) is -2.25. The summed E-state index contributed by atoms with van der Waals surface area (Å²) >= 11 is 6.90. The number of aromatic nitrogens is 1. The van der Waals surface area contributed by atoms with Crippen LogP contribution >= 0.6 is 11.6 Å². The molecule has 0 amide bonds. The van der Waals surface area contributed by atoms with Crippen LogP contribution in [0.15, 0.2) is 24.3 Å². The molecule has 1 fully saturated rings. The van der Waals surface area contributed by atoms with Crippen LogP contribution in [0.2, 0.25) is 23.3 Å². The molecule has 3 heterocycles. The fourth-order valence-corrected chi connectivity index (χ4v) is 7.76. The van der Waals surface area contributed by atoms with Gasteiger partial charge in [0, 0.05) is 48.4 Å². The maximum absolute atomic E-state index is 13.3. The number of alkyl halides is 3. The van der Waals surface area contributed by atoms with Crippen LogP contribution in [-0.2, 0) is 37.9 Å². The average Bonchev–Trinajstić information content (AvgIpc) is 3.06. The lowest BCUT2D eigenvalue weighted by molar-refractivity contribution is -0.251. The van der Waals surface area contributed by atoms with Crippen LogP contribution in [0.4, 0.5) is 13.2 Å². The van der Waals surface area contributed by atoms with Gasteiger partial charge in [0.1, 0.15) is 10.8 Å². The topological polar surface area (TPSA) is 60.8 Å². The minimum Gasteiger partial charge on any atom is -0.410 e. The molecule has 1 saturated heterocycles. The van der Waals surface area contributed by atoms with Gasteiger partial charge in [-0.15, -0.1) is 0 Å². The van der Waals surface area contributed by atoms with Crippen molar-refractivity contribution in [1.29, 1.82) is 0 Å². The molecule has 1 unspecified atom stereocenters. The van der Waals surface area contributed by atoms with E-state index in [9.17, 15) is 18.3 Å². The Hall–Kier alpha value is -1.49. The maximum Gasteiger partial charge on any atom is 0.416 e. The molecule has 2 aliphatic heterocycles. The summed E-state index contributed by atoms with van der Waals surface area (Å²) in [4.78, 5) is 4.83. The zero-order valence-electron chi connectivity index (χ0n) is 24.3. The fraction of sp³-hybridized carbons (Fsp3) is 0.633. The second-order valence-corrected chi connectivity index (χ2v) is 19.0. The highest BCUT2D eigenvalue weighted by molar-refractivity contribution is 6.74. The minimum atomic E-state index is -4.50. The Labute approximate surface area is 240 Å². The van der Waals surface area contributed by atoms with Crippen molar-refractivity contribution >= 4 is 19.9 Å². The maximum atomic E-state index is 13.3. The molecule has 3 aliphatic rings. The van der Waals surface area contributed by atoms with Gasteiger partial charge in [-0.2, -0.15) is 13.2 Å². The second kappa shape index (κ2) is 9.51. The van der Waals surface area contributed by atoms with Gasteiger partial charge in [-0.3, -0.25) is 0 Å². The van der Waals surface area contributed by atoms with E-state index in [4.69, 9.17) is 30.5 Å². The Morgan fingerprint density at radius 1 is 1.05 bits per heavy atom. The molecule has 1 aromatic carbocycles. The minimum absolute atomic E-state index is 0.0361. The molecule has 10 heteroatoms. The molecule has 0 saturated carbocycles. The van der Waals surface area contributed by atoms with Gasteiger partial charge < -0.3 is 19.0 Å². The van der Waals surface area contributed by atoms with Crippen LogP contribution in [0.5, 0.6) is 0 Å². The standard InChI is InChI=1S/C30H39ClF3NO4Si/c1-26(2,3)40(6,7)38-21-17-27(4,5)16-20-22(21)23-24(25(31)35-20)29(36,39-28(23)12-14-37-15-13-28)18-8-10-19(11-9-18)30(32,33)34/h8-11,21,36H,12-17H2,1-7H3/t21-,29?/m0/s1. The molecule has 2 aromatic rings. The number of benzene rings is 1. The van der Waals surface area contributed by atoms with E-state index in [1.165, 1.54) is 12.1 Å². The van der Waals surface area contributed by atoms with Crippen molar-refractivity contribution in [3.05, 3.63) is 62.9 Å². The highest BCUT2D eigenvalue weighted by Crippen LogP contribution is 2.60. The second-order valence-electron chi connectivity index (χ2n) is 13.9. The lowest BCUT2D eigenvalue weighted by Crippen LogP contribution is -2.44. The first kappa shape index (κ1) is 30.0. The molecule has 0 bridgehead atoms. The van der Waals surface area contributed by atoms with E-state index >= 15 is 0 Å². The summed E-state index contributed by atoms with van der Waals surface area (Å²) in [6, 6.07) is 4.43. The first-order valence-electron chi connectivity index (χ1n) is 13.9. The number of rotatable bonds is 3. The monoisotopic (exact) mass is 597 g/mol. The average molecular weight is 598 g/mol. The van der Waals surface area contributed by atoms with Crippen LogP contribution in [0.25, 0.3) is 0 Å². The third kappa shape index (κ3) is 4.94. The highest BCUT2D eigenvalue weighted by Gasteiger charge is 2.59. The number of hydrogen-bond donors (Lipinski definition) is 1. The number of aliphatic hydroxyl groups is 1. The Kier molecular flexibility index (Phi) is 7.13. The van der Waals surface area contributed by atoms with Gasteiger partial charge in [-0.05, 0) is 48.5 Å². The fourth-order valence-electron chi connectivity index (χ4n) is 6.17. The molecular formula is C30H39ClF3NO4Si. The summed E-state index contributed by atoms with van der Waals surface area (Å²) in [6.07, 6.45) is -2.43. The van der Waals surface area contributed by atoms with Crippen molar-refractivity contribution in [2.45, 2.75) is 102 Å². The number of ether oxygens (including phenoxy) is 2. The quantitative estimate of drug-likeness (QED) is 0.287. The number of halogens is 4. The Morgan fingerprint density at radius 2 is 1.65 bits per heavy atom. The van der Waals surface area contributed by atoms with Gasteiger partial charge in [0.2, 0.25) is 5.79 Å². The summed E-state index contributed by atoms with van der Waals surface area (Å²) in [5.74, 6) is -2.08. The van der Waals surface area contributed by atoms with E-state index in [0.717, 1.165) is 35.4 Å². The van der Waals surface area contributed by atoms with E-state index in [0.29, 0.717) is 38.0 Å². The predicted octanol–water partition coefficient (Wildman–Crippen LogP) is 8.02. The first-order chi connectivity index (χ1) is 18.3. The summed E-state index contributed by atoms with van der Waals surface area (Å²) < 4.78 is 59.5. The van der Waals surface area contributed by atoms with E-state index in [1.807, 2.05) is 0 Å². The summed E-state index contributed by atoms with van der Waals surface area (Å²) in [6.45, 7) is 16.3. The lowest BCUT2D eigenvalue weighted by Gasteiger charge is -2.46. The molecule has 40 heavy (non-hydrogen) atoms. The van der Waals surface area contributed by atoms with Gasteiger partial charge >= 0.3 is 6.18 Å². The van der Waals surface area contributed by atoms with Gasteiger partial charge in [0.25, 0.3) is 0 Å². The number of hydrogen-bond acceptors (Lipinski definition) is 5. The lowest BCUT2D eigenvalue weighted by atomic mass is 9.70. The zero-order chi connectivity index (χ0) is 29.5. The number of fused-ring (bicyclic) bond motifs is 4. The zero-order valence-corrected chi connectivity index (χ0v) is 26.0. The normalized spacial score (nSPS) is 26.1. The molecule has 5 nitrogen and oxygen atoms in total. The van der Waals surface area contributed by atoms with Crippen LogP contribution in [0.1, 0.15) is 93.5 Å².